The van der Waals surface area contributed by atoms with Gasteiger partial charge in [0.1, 0.15) is 17.8 Å². The first-order valence-corrected chi connectivity index (χ1v) is 14.3. The molecule has 2 fully saturated rings. The monoisotopic (exact) mass is 597 g/mol. The fraction of sp³-hybridized carbons (Fsp3) is 0.517. The van der Waals surface area contributed by atoms with E-state index in [-0.39, 0.29) is 35.8 Å². The van der Waals surface area contributed by atoms with Gasteiger partial charge in [0.05, 0.1) is 24.2 Å². The predicted octanol–water partition coefficient (Wildman–Crippen LogP) is -0.206. The van der Waals surface area contributed by atoms with Crippen LogP contribution in [-0.2, 0) is 25.5 Å². The van der Waals surface area contributed by atoms with Crippen LogP contribution in [0.5, 0.6) is 0 Å². The zero-order chi connectivity index (χ0) is 31.9. The predicted molar refractivity (Wildman–Crippen MR) is 156 cm³/mol. The van der Waals surface area contributed by atoms with Crippen LogP contribution in [0.4, 0.5) is 0 Å². The standard InChI is InChI=1S/C19H25BN4O4.C10H15NO4/c1-13(2)10-17(20(27)28)24-18(25)15(11-14-6-4-3-5-7-14)23-19(26)16-12-21-8-9-22-16;1-4(2)6(12)10-7(15-9(10)14)5(3)8(13)11-10/h3-9,12-13,15,17,27-28H,10-11H2,1-2H3,(H,23,26)(H,24,25);4-7,12H,1-3H3,(H,11,13)/t15-,17-;5-,6+,7+,10-/m01/s1. The molecule has 0 saturated carbocycles. The second-order valence-corrected chi connectivity index (χ2v) is 11.6. The quantitative estimate of drug-likeness (QED) is 0.149. The van der Waals surface area contributed by atoms with E-state index in [1.807, 2.05) is 44.2 Å². The minimum Gasteiger partial charge on any atom is -0.456 e. The Morgan fingerprint density at radius 3 is 2.28 bits per heavy atom. The molecule has 6 N–H and O–H groups in total. The Bertz CT molecular complexity index is 1270. The number of nitrogens with one attached hydrogen (secondary N) is 3. The number of fused-ring (bicyclic) bond motifs is 1. The zero-order valence-corrected chi connectivity index (χ0v) is 24.9. The summed E-state index contributed by atoms with van der Waals surface area (Å²) in [6, 6.07) is 8.33. The Hall–Kier alpha value is -3.88. The summed E-state index contributed by atoms with van der Waals surface area (Å²) in [6.45, 7) is 9.13. The number of amides is 3. The lowest BCUT2D eigenvalue weighted by atomic mass is 9.75. The average Bonchev–Trinajstić information content (AvgIpc) is 3.17. The number of aliphatic hydroxyl groups is 1. The molecule has 0 radical (unpaired) electrons. The first kappa shape index (κ1) is 33.6. The lowest BCUT2D eigenvalue weighted by Gasteiger charge is -2.46. The zero-order valence-electron chi connectivity index (χ0n) is 24.9. The number of hydrogen-bond acceptors (Lipinski definition) is 10. The number of esters is 1. The maximum absolute atomic E-state index is 12.8. The summed E-state index contributed by atoms with van der Waals surface area (Å²) in [6.07, 6.45) is 3.37. The molecular formula is C29H40BN5O8. The molecular weight excluding hydrogens is 557 g/mol. The maximum atomic E-state index is 12.8. The van der Waals surface area contributed by atoms with Crippen LogP contribution in [0.3, 0.4) is 0 Å². The smallest absolute Gasteiger partial charge is 0.456 e. The third kappa shape index (κ3) is 7.95. The van der Waals surface area contributed by atoms with E-state index in [9.17, 15) is 34.3 Å². The number of aliphatic hydroxyl groups excluding tert-OH is 1. The Kier molecular flexibility index (Phi) is 11.4. The van der Waals surface area contributed by atoms with Crippen molar-refractivity contribution >= 4 is 30.8 Å². The molecule has 1 aromatic heterocycles. The number of rotatable bonds is 11. The topological polar surface area (TPSA) is 200 Å². The number of aromatic nitrogens is 2. The molecule has 2 aromatic rings. The number of hydrogen-bond donors (Lipinski definition) is 6. The average molecular weight is 597 g/mol. The molecule has 13 nitrogen and oxygen atoms in total. The summed E-state index contributed by atoms with van der Waals surface area (Å²) in [7, 11) is -1.69. The number of benzene rings is 1. The normalized spacial score (nSPS) is 22.6. The van der Waals surface area contributed by atoms with E-state index < -0.39 is 54.6 Å². The summed E-state index contributed by atoms with van der Waals surface area (Å²) >= 11 is 0. The third-order valence-electron chi connectivity index (χ3n) is 7.43. The van der Waals surface area contributed by atoms with Gasteiger partial charge in [0.25, 0.3) is 5.91 Å². The molecule has 3 heterocycles. The van der Waals surface area contributed by atoms with E-state index in [2.05, 4.69) is 25.9 Å². The van der Waals surface area contributed by atoms with E-state index in [1.165, 1.54) is 18.6 Å². The molecule has 2 aliphatic rings. The van der Waals surface area contributed by atoms with Crippen LogP contribution in [0, 0.1) is 17.8 Å². The van der Waals surface area contributed by atoms with E-state index in [4.69, 9.17) is 4.74 Å². The van der Waals surface area contributed by atoms with Crippen LogP contribution in [0.25, 0.3) is 0 Å². The van der Waals surface area contributed by atoms with Crippen molar-refractivity contribution in [1.82, 2.24) is 25.9 Å². The summed E-state index contributed by atoms with van der Waals surface area (Å²) in [5, 5.41) is 37.0. The highest BCUT2D eigenvalue weighted by Gasteiger charge is 2.70. The fourth-order valence-electron chi connectivity index (χ4n) is 5.08. The lowest BCUT2D eigenvalue weighted by molar-refractivity contribution is -0.206. The highest BCUT2D eigenvalue weighted by Crippen LogP contribution is 2.42. The second kappa shape index (κ2) is 14.5. The van der Waals surface area contributed by atoms with Crippen LogP contribution in [-0.4, -0.2) is 85.7 Å². The Morgan fingerprint density at radius 2 is 1.77 bits per heavy atom. The minimum atomic E-state index is -1.69. The SMILES string of the molecule is CC(C)C[C@H](NC(=O)[C@H](Cc1ccccc1)NC(=O)c1cnccn1)B(O)O.CC(C)[C@H](O)[C@@]12NC(=O)[C@H](C)[C@@H]1OC2=O. The minimum absolute atomic E-state index is 0.0919. The van der Waals surface area contributed by atoms with Crippen LogP contribution >= 0.6 is 0 Å². The molecule has 6 atom stereocenters. The summed E-state index contributed by atoms with van der Waals surface area (Å²) in [4.78, 5) is 56.0. The van der Waals surface area contributed by atoms with Crippen LogP contribution in [0.15, 0.2) is 48.9 Å². The molecule has 43 heavy (non-hydrogen) atoms. The lowest BCUT2D eigenvalue weighted by Crippen LogP contribution is -2.73. The second-order valence-electron chi connectivity index (χ2n) is 11.6. The van der Waals surface area contributed by atoms with Crippen molar-refractivity contribution < 1.29 is 39.1 Å². The van der Waals surface area contributed by atoms with Crippen molar-refractivity contribution in [3.63, 3.8) is 0 Å². The van der Waals surface area contributed by atoms with Gasteiger partial charge in [-0.3, -0.25) is 19.4 Å². The van der Waals surface area contributed by atoms with Gasteiger partial charge in [-0.05, 0) is 30.7 Å². The van der Waals surface area contributed by atoms with E-state index in [0.717, 1.165) is 5.56 Å². The van der Waals surface area contributed by atoms with Crippen molar-refractivity contribution in [2.24, 2.45) is 17.8 Å². The summed E-state index contributed by atoms with van der Waals surface area (Å²) in [5.74, 6) is -2.96. The largest absolute Gasteiger partial charge is 0.475 e. The van der Waals surface area contributed by atoms with E-state index in [0.29, 0.717) is 6.42 Å². The molecule has 0 aliphatic carbocycles. The van der Waals surface area contributed by atoms with E-state index in [1.54, 1.807) is 20.8 Å². The highest BCUT2D eigenvalue weighted by molar-refractivity contribution is 6.43. The van der Waals surface area contributed by atoms with Gasteiger partial charge < -0.3 is 35.8 Å². The van der Waals surface area contributed by atoms with Gasteiger partial charge >= 0.3 is 13.1 Å². The number of carbonyl (C=O) groups is 4. The van der Waals surface area contributed by atoms with Gasteiger partial charge in [0.2, 0.25) is 17.4 Å². The van der Waals surface area contributed by atoms with E-state index >= 15 is 0 Å². The Morgan fingerprint density at radius 1 is 1.09 bits per heavy atom. The molecule has 2 saturated heterocycles. The van der Waals surface area contributed by atoms with Crippen molar-refractivity contribution in [2.75, 3.05) is 0 Å². The molecule has 0 spiro atoms. The molecule has 0 bridgehead atoms. The van der Waals surface area contributed by atoms with Crippen LogP contribution in [0.1, 0.15) is 57.1 Å². The maximum Gasteiger partial charge on any atom is 0.475 e. The van der Waals surface area contributed by atoms with Crippen molar-refractivity contribution in [3.05, 3.63) is 60.2 Å². The number of nitrogens with zero attached hydrogens (tertiary/aromatic N) is 2. The van der Waals surface area contributed by atoms with Crippen molar-refractivity contribution in [1.29, 1.82) is 0 Å². The third-order valence-corrected chi connectivity index (χ3v) is 7.43. The van der Waals surface area contributed by atoms with Crippen LogP contribution in [0.2, 0.25) is 0 Å². The van der Waals surface area contributed by atoms with Gasteiger partial charge in [-0.15, -0.1) is 0 Å². The number of carbonyl (C=O) groups excluding carboxylic acids is 4. The first-order valence-electron chi connectivity index (χ1n) is 14.3. The molecule has 2 aliphatic heterocycles. The Labute approximate surface area is 251 Å². The van der Waals surface area contributed by atoms with Gasteiger partial charge in [0.15, 0.2) is 0 Å². The molecule has 4 rings (SSSR count). The molecule has 14 heteroatoms. The summed E-state index contributed by atoms with van der Waals surface area (Å²) in [5.41, 5.74) is -0.244. The fourth-order valence-corrected chi connectivity index (χ4v) is 5.08. The number of ether oxygens (including phenoxy) is 1. The molecule has 0 unspecified atom stereocenters. The molecule has 1 aromatic carbocycles. The van der Waals surface area contributed by atoms with Gasteiger partial charge in [-0.2, -0.15) is 0 Å². The van der Waals surface area contributed by atoms with Crippen molar-refractivity contribution in [3.8, 4) is 0 Å². The highest BCUT2D eigenvalue weighted by atomic mass is 16.6. The van der Waals surface area contributed by atoms with Crippen molar-refractivity contribution in [2.45, 2.75) is 77.2 Å². The first-order chi connectivity index (χ1) is 20.3. The Balaban J connectivity index is 0.000000282. The van der Waals surface area contributed by atoms with Gasteiger partial charge in [-0.1, -0.05) is 58.0 Å². The van der Waals surface area contributed by atoms with Gasteiger partial charge in [0, 0.05) is 18.8 Å². The van der Waals surface area contributed by atoms with Gasteiger partial charge in [-0.25, -0.2) is 9.78 Å². The van der Waals surface area contributed by atoms with Crippen LogP contribution < -0.4 is 16.0 Å². The molecule has 232 valence electrons. The summed E-state index contributed by atoms with van der Waals surface area (Å²) < 4.78 is 4.94. The molecule has 3 amide bonds.